The Bertz CT molecular complexity index is 309. The Labute approximate surface area is 111 Å². The zero-order valence-corrected chi connectivity index (χ0v) is 11.4. The predicted octanol–water partition coefficient (Wildman–Crippen LogP) is 3.21. The number of aryl methyl sites for hydroxylation is 2. The van der Waals surface area contributed by atoms with E-state index in [0.29, 0.717) is 6.32 Å². The van der Waals surface area contributed by atoms with Crippen molar-refractivity contribution in [3.8, 4) is 0 Å². The van der Waals surface area contributed by atoms with Crippen molar-refractivity contribution in [1.82, 2.24) is 0 Å². The van der Waals surface area contributed by atoms with Crippen LogP contribution in [0.5, 0.6) is 0 Å². The molecule has 1 aromatic carbocycles. The monoisotopic (exact) mass is 248 g/mol. The molecule has 0 amide bonds. The lowest BCUT2D eigenvalue weighted by Crippen LogP contribution is -2.11. The van der Waals surface area contributed by atoms with E-state index in [2.05, 4.69) is 31.2 Å². The highest BCUT2D eigenvalue weighted by Crippen LogP contribution is 2.11. The fourth-order valence-electron chi connectivity index (χ4n) is 2.10. The number of rotatable bonds is 9. The molecule has 2 N–H and O–H groups in total. The van der Waals surface area contributed by atoms with Crippen LogP contribution in [0.3, 0.4) is 0 Å². The summed E-state index contributed by atoms with van der Waals surface area (Å²) in [6.45, 7) is 2.24. The van der Waals surface area contributed by atoms with Gasteiger partial charge in [-0.2, -0.15) is 0 Å². The van der Waals surface area contributed by atoms with Gasteiger partial charge in [-0.15, -0.1) is 0 Å². The van der Waals surface area contributed by atoms with Gasteiger partial charge in [-0.1, -0.05) is 56.9 Å². The minimum Gasteiger partial charge on any atom is -0.427 e. The SMILES string of the molecule is CCCCCCCc1ccc(CCB(O)O)cc1. The molecule has 0 aliphatic heterocycles. The Morgan fingerprint density at radius 1 is 0.833 bits per heavy atom. The standard InChI is InChI=1S/C15H25BO2/c1-2-3-4-5-6-7-14-8-10-15(11-9-14)12-13-16(17)18/h8-11,17-18H,2-7,12-13H2,1H3. The van der Waals surface area contributed by atoms with Crippen molar-refractivity contribution in [2.24, 2.45) is 0 Å². The first-order valence-corrected chi connectivity index (χ1v) is 7.16. The minimum atomic E-state index is -1.19. The molecule has 0 radical (unpaired) electrons. The van der Waals surface area contributed by atoms with Crippen molar-refractivity contribution < 1.29 is 10.0 Å². The lowest BCUT2D eigenvalue weighted by atomic mass is 9.82. The number of hydrogen-bond acceptors (Lipinski definition) is 2. The Kier molecular flexibility index (Phi) is 7.78. The molecule has 0 bridgehead atoms. The van der Waals surface area contributed by atoms with Crippen LogP contribution in [-0.4, -0.2) is 17.2 Å². The first-order chi connectivity index (χ1) is 8.72. The molecule has 0 atom stereocenters. The molecule has 1 rings (SSSR count). The molecule has 18 heavy (non-hydrogen) atoms. The second kappa shape index (κ2) is 9.18. The molecule has 0 heterocycles. The van der Waals surface area contributed by atoms with E-state index in [9.17, 15) is 0 Å². The number of benzene rings is 1. The Hall–Kier alpha value is -0.795. The molecule has 2 nitrogen and oxygen atoms in total. The van der Waals surface area contributed by atoms with Crippen molar-refractivity contribution >= 4 is 7.12 Å². The Morgan fingerprint density at radius 3 is 1.94 bits per heavy atom. The van der Waals surface area contributed by atoms with Crippen molar-refractivity contribution in [2.45, 2.75) is 58.2 Å². The van der Waals surface area contributed by atoms with Gasteiger partial charge in [-0.05, 0) is 36.7 Å². The maximum atomic E-state index is 8.81. The van der Waals surface area contributed by atoms with Crippen LogP contribution in [0, 0.1) is 0 Å². The van der Waals surface area contributed by atoms with Gasteiger partial charge in [-0.3, -0.25) is 0 Å². The fourth-order valence-corrected chi connectivity index (χ4v) is 2.10. The normalized spacial score (nSPS) is 10.6. The van der Waals surface area contributed by atoms with E-state index in [1.54, 1.807) is 0 Å². The van der Waals surface area contributed by atoms with Crippen molar-refractivity contribution in [1.29, 1.82) is 0 Å². The lowest BCUT2D eigenvalue weighted by Gasteiger charge is -2.04. The minimum absolute atomic E-state index is 0.413. The quantitative estimate of drug-likeness (QED) is 0.520. The molecule has 0 saturated heterocycles. The van der Waals surface area contributed by atoms with E-state index >= 15 is 0 Å². The van der Waals surface area contributed by atoms with Gasteiger partial charge in [0.05, 0.1) is 0 Å². The first-order valence-electron chi connectivity index (χ1n) is 7.16. The molecule has 0 aromatic heterocycles. The third-order valence-corrected chi connectivity index (χ3v) is 3.28. The van der Waals surface area contributed by atoms with Crippen molar-refractivity contribution in [3.63, 3.8) is 0 Å². The van der Waals surface area contributed by atoms with E-state index in [1.807, 2.05) is 0 Å². The van der Waals surface area contributed by atoms with Crippen LogP contribution in [0.15, 0.2) is 24.3 Å². The van der Waals surface area contributed by atoms with Gasteiger partial charge in [0, 0.05) is 0 Å². The summed E-state index contributed by atoms with van der Waals surface area (Å²) in [6, 6.07) is 8.53. The van der Waals surface area contributed by atoms with Crippen LogP contribution in [-0.2, 0) is 12.8 Å². The number of unbranched alkanes of at least 4 members (excludes halogenated alkanes) is 4. The molecule has 0 fully saturated rings. The highest BCUT2D eigenvalue weighted by Gasteiger charge is 2.06. The van der Waals surface area contributed by atoms with E-state index < -0.39 is 7.12 Å². The van der Waals surface area contributed by atoms with Crippen LogP contribution in [0.4, 0.5) is 0 Å². The largest absolute Gasteiger partial charge is 0.451 e. The van der Waals surface area contributed by atoms with Crippen LogP contribution in [0.1, 0.15) is 50.2 Å². The van der Waals surface area contributed by atoms with E-state index in [1.165, 1.54) is 43.2 Å². The van der Waals surface area contributed by atoms with Gasteiger partial charge in [0.15, 0.2) is 0 Å². The summed E-state index contributed by atoms with van der Waals surface area (Å²) in [5.41, 5.74) is 2.57. The van der Waals surface area contributed by atoms with Gasteiger partial charge in [-0.25, -0.2) is 0 Å². The zero-order valence-electron chi connectivity index (χ0n) is 11.4. The van der Waals surface area contributed by atoms with Gasteiger partial charge in [0.2, 0.25) is 0 Å². The smallest absolute Gasteiger partial charge is 0.427 e. The second-order valence-electron chi connectivity index (χ2n) is 5.00. The fraction of sp³-hybridized carbons (Fsp3) is 0.600. The molecular formula is C15H25BO2. The van der Waals surface area contributed by atoms with Gasteiger partial charge < -0.3 is 10.0 Å². The first kappa shape index (κ1) is 15.3. The van der Waals surface area contributed by atoms with Gasteiger partial charge in [0.1, 0.15) is 0 Å². The summed E-state index contributed by atoms with van der Waals surface area (Å²) in [5.74, 6) is 0. The van der Waals surface area contributed by atoms with Gasteiger partial charge >= 0.3 is 7.12 Å². The van der Waals surface area contributed by atoms with Crippen molar-refractivity contribution in [2.75, 3.05) is 0 Å². The lowest BCUT2D eigenvalue weighted by molar-refractivity contribution is 0.405. The average Bonchev–Trinajstić information content (AvgIpc) is 2.37. The summed E-state index contributed by atoms with van der Waals surface area (Å²) >= 11 is 0. The molecule has 0 aliphatic carbocycles. The zero-order chi connectivity index (χ0) is 13.2. The van der Waals surface area contributed by atoms with Gasteiger partial charge in [0.25, 0.3) is 0 Å². The highest BCUT2D eigenvalue weighted by atomic mass is 16.4. The molecule has 0 saturated carbocycles. The molecule has 0 aliphatic rings. The Balaban J connectivity index is 2.23. The predicted molar refractivity (Wildman–Crippen MR) is 77.6 cm³/mol. The summed E-state index contributed by atoms with van der Waals surface area (Å²) in [7, 11) is -1.19. The van der Waals surface area contributed by atoms with E-state index in [-0.39, 0.29) is 0 Å². The summed E-state index contributed by atoms with van der Waals surface area (Å²) < 4.78 is 0. The summed E-state index contributed by atoms with van der Waals surface area (Å²) in [6.07, 6.45) is 8.90. The molecule has 0 unspecified atom stereocenters. The maximum absolute atomic E-state index is 8.81. The maximum Gasteiger partial charge on any atom is 0.451 e. The van der Waals surface area contributed by atoms with Crippen molar-refractivity contribution in [3.05, 3.63) is 35.4 Å². The topological polar surface area (TPSA) is 40.5 Å². The second-order valence-corrected chi connectivity index (χ2v) is 5.00. The van der Waals surface area contributed by atoms with Crippen LogP contribution >= 0.6 is 0 Å². The molecule has 3 heteroatoms. The van der Waals surface area contributed by atoms with E-state index in [0.717, 1.165) is 12.8 Å². The Morgan fingerprint density at radius 2 is 1.39 bits per heavy atom. The molecule has 100 valence electrons. The number of hydrogen-bond donors (Lipinski definition) is 2. The van der Waals surface area contributed by atoms with E-state index in [4.69, 9.17) is 10.0 Å². The van der Waals surface area contributed by atoms with Crippen LogP contribution in [0.25, 0.3) is 0 Å². The van der Waals surface area contributed by atoms with Crippen LogP contribution in [0.2, 0.25) is 6.32 Å². The summed E-state index contributed by atoms with van der Waals surface area (Å²) in [4.78, 5) is 0. The third kappa shape index (κ3) is 6.82. The third-order valence-electron chi connectivity index (χ3n) is 3.28. The molecule has 0 spiro atoms. The molecule has 1 aromatic rings. The highest BCUT2D eigenvalue weighted by molar-refractivity contribution is 6.40. The molecular weight excluding hydrogens is 223 g/mol. The average molecular weight is 248 g/mol. The van der Waals surface area contributed by atoms with Crippen LogP contribution < -0.4 is 0 Å². The summed E-state index contributed by atoms with van der Waals surface area (Å²) in [5, 5.41) is 17.6.